The second-order valence-corrected chi connectivity index (χ2v) is 6.71. The smallest absolute Gasteiger partial charge is 0.275 e. The van der Waals surface area contributed by atoms with Crippen molar-refractivity contribution in [2.45, 2.75) is 11.8 Å². The second kappa shape index (κ2) is 5.80. The number of hydrogen-bond acceptors (Lipinski definition) is 6. The SMILES string of the molecule is COc1ccc(NC(=O)c2csc(C)n2)cc1S(N)(=O)=O. The summed E-state index contributed by atoms with van der Waals surface area (Å²) < 4.78 is 27.9. The molecule has 0 fully saturated rings. The van der Waals surface area contributed by atoms with Crippen molar-refractivity contribution in [3.05, 3.63) is 34.3 Å². The van der Waals surface area contributed by atoms with Crippen molar-refractivity contribution in [2.24, 2.45) is 5.14 Å². The number of carbonyl (C=O) groups is 1. The summed E-state index contributed by atoms with van der Waals surface area (Å²) in [4.78, 5) is 15.8. The van der Waals surface area contributed by atoms with Crippen LogP contribution in [0.25, 0.3) is 0 Å². The van der Waals surface area contributed by atoms with Crippen LogP contribution in [0.5, 0.6) is 5.75 Å². The molecule has 1 aromatic heterocycles. The largest absolute Gasteiger partial charge is 0.495 e. The first-order valence-electron chi connectivity index (χ1n) is 5.75. The van der Waals surface area contributed by atoms with Gasteiger partial charge in [0.25, 0.3) is 5.91 Å². The molecule has 0 aliphatic carbocycles. The first-order chi connectivity index (χ1) is 9.81. The minimum atomic E-state index is -3.95. The number of nitrogens with two attached hydrogens (primary N) is 1. The number of nitrogens with zero attached hydrogens (tertiary/aromatic N) is 1. The van der Waals surface area contributed by atoms with Gasteiger partial charge in [-0.1, -0.05) is 0 Å². The van der Waals surface area contributed by atoms with Crippen LogP contribution in [0.15, 0.2) is 28.5 Å². The Labute approximate surface area is 125 Å². The molecule has 2 aromatic rings. The van der Waals surface area contributed by atoms with Gasteiger partial charge >= 0.3 is 0 Å². The van der Waals surface area contributed by atoms with E-state index in [2.05, 4.69) is 10.3 Å². The lowest BCUT2D eigenvalue weighted by atomic mass is 10.3. The standard InChI is InChI=1S/C12H13N3O4S2/c1-7-14-9(6-20-7)12(16)15-8-3-4-10(19-2)11(5-8)21(13,17)18/h3-6H,1-2H3,(H,15,16)(H2,13,17,18). The quantitative estimate of drug-likeness (QED) is 0.880. The number of thiazole rings is 1. The van der Waals surface area contributed by atoms with Gasteiger partial charge in [0.05, 0.1) is 12.1 Å². The summed E-state index contributed by atoms with van der Waals surface area (Å²) in [6.07, 6.45) is 0. The number of carbonyl (C=O) groups excluding carboxylic acids is 1. The zero-order valence-corrected chi connectivity index (χ0v) is 12.9. The number of ether oxygens (including phenoxy) is 1. The second-order valence-electron chi connectivity index (χ2n) is 4.12. The highest BCUT2D eigenvalue weighted by Crippen LogP contribution is 2.26. The van der Waals surface area contributed by atoms with Gasteiger partial charge in [0, 0.05) is 11.1 Å². The Morgan fingerprint density at radius 3 is 2.67 bits per heavy atom. The van der Waals surface area contributed by atoms with Gasteiger partial charge in [0.15, 0.2) is 0 Å². The molecule has 2 rings (SSSR count). The van der Waals surface area contributed by atoms with Crippen LogP contribution in [0.1, 0.15) is 15.5 Å². The zero-order chi connectivity index (χ0) is 15.6. The van der Waals surface area contributed by atoms with Gasteiger partial charge in [0.1, 0.15) is 16.3 Å². The number of rotatable bonds is 4. The van der Waals surface area contributed by atoms with E-state index >= 15 is 0 Å². The molecule has 0 saturated heterocycles. The fourth-order valence-electron chi connectivity index (χ4n) is 1.64. The van der Waals surface area contributed by atoms with Crippen molar-refractivity contribution in [1.82, 2.24) is 4.98 Å². The van der Waals surface area contributed by atoms with E-state index in [4.69, 9.17) is 9.88 Å². The van der Waals surface area contributed by atoms with Crippen LogP contribution >= 0.6 is 11.3 Å². The van der Waals surface area contributed by atoms with Gasteiger partial charge in [-0.05, 0) is 25.1 Å². The summed E-state index contributed by atoms with van der Waals surface area (Å²) in [5, 5.41) is 10.1. The number of amides is 1. The normalized spacial score (nSPS) is 11.2. The third-order valence-corrected chi connectivity index (χ3v) is 4.29. The molecule has 0 aliphatic heterocycles. The average Bonchev–Trinajstić information content (AvgIpc) is 2.84. The molecule has 7 nitrogen and oxygen atoms in total. The number of primary sulfonamides is 1. The van der Waals surface area contributed by atoms with E-state index in [0.717, 1.165) is 5.01 Å². The van der Waals surface area contributed by atoms with Crippen LogP contribution in [0.4, 0.5) is 5.69 Å². The summed E-state index contributed by atoms with van der Waals surface area (Å²) in [6.45, 7) is 1.79. The van der Waals surface area contributed by atoms with Crippen molar-refractivity contribution in [1.29, 1.82) is 0 Å². The van der Waals surface area contributed by atoms with Gasteiger partial charge < -0.3 is 10.1 Å². The minimum Gasteiger partial charge on any atom is -0.495 e. The van der Waals surface area contributed by atoms with Crippen LogP contribution in [0.3, 0.4) is 0 Å². The van der Waals surface area contributed by atoms with E-state index in [1.807, 2.05) is 0 Å². The molecule has 0 spiro atoms. The first kappa shape index (κ1) is 15.4. The maximum Gasteiger partial charge on any atom is 0.275 e. The molecule has 0 atom stereocenters. The molecular weight excluding hydrogens is 314 g/mol. The lowest BCUT2D eigenvalue weighted by Gasteiger charge is -2.09. The molecule has 1 heterocycles. The van der Waals surface area contributed by atoms with Crippen molar-refractivity contribution >= 4 is 33.0 Å². The van der Waals surface area contributed by atoms with Crippen LogP contribution in [-0.2, 0) is 10.0 Å². The highest BCUT2D eigenvalue weighted by molar-refractivity contribution is 7.89. The molecule has 9 heteroatoms. The monoisotopic (exact) mass is 327 g/mol. The Hall–Kier alpha value is -1.97. The van der Waals surface area contributed by atoms with Crippen molar-refractivity contribution < 1.29 is 17.9 Å². The summed E-state index contributed by atoms with van der Waals surface area (Å²) in [7, 11) is -2.62. The Bertz CT molecular complexity index is 784. The highest BCUT2D eigenvalue weighted by atomic mass is 32.2. The van der Waals surface area contributed by atoms with Crippen LogP contribution in [-0.4, -0.2) is 26.4 Å². The molecule has 0 saturated carbocycles. The minimum absolute atomic E-state index is 0.111. The lowest BCUT2D eigenvalue weighted by molar-refractivity contribution is 0.102. The molecule has 0 unspecified atom stereocenters. The predicted molar refractivity (Wildman–Crippen MR) is 79.2 cm³/mol. The number of aryl methyl sites for hydroxylation is 1. The van der Waals surface area contributed by atoms with Crippen LogP contribution in [0, 0.1) is 6.92 Å². The molecular formula is C12H13N3O4S2. The van der Waals surface area contributed by atoms with E-state index in [1.165, 1.54) is 36.6 Å². The fourth-order valence-corrected chi connectivity index (χ4v) is 2.96. The summed E-state index contributed by atoms with van der Waals surface area (Å²) in [6, 6.07) is 4.18. The number of hydrogen-bond donors (Lipinski definition) is 2. The first-order valence-corrected chi connectivity index (χ1v) is 8.18. The maximum absolute atomic E-state index is 12.0. The average molecular weight is 327 g/mol. The van der Waals surface area contributed by atoms with Gasteiger partial charge in [-0.15, -0.1) is 11.3 Å². The predicted octanol–water partition coefficient (Wildman–Crippen LogP) is 1.36. The summed E-state index contributed by atoms with van der Waals surface area (Å²) in [5.41, 5.74) is 0.556. The molecule has 1 aromatic carbocycles. The van der Waals surface area contributed by atoms with E-state index in [0.29, 0.717) is 0 Å². The van der Waals surface area contributed by atoms with Gasteiger partial charge in [-0.2, -0.15) is 0 Å². The third kappa shape index (κ3) is 3.57. The number of benzene rings is 1. The Kier molecular flexibility index (Phi) is 4.26. The van der Waals surface area contributed by atoms with E-state index in [9.17, 15) is 13.2 Å². The number of anilines is 1. The molecule has 0 bridgehead atoms. The van der Waals surface area contributed by atoms with Crippen LogP contribution in [0.2, 0.25) is 0 Å². The molecule has 21 heavy (non-hydrogen) atoms. The van der Waals surface area contributed by atoms with Gasteiger partial charge in [-0.25, -0.2) is 18.5 Å². The fraction of sp³-hybridized carbons (Fsp3) is 0.167. The highest BCUT2D eigenvalue weighted by Gasteiger charge is 2.17. The number of methoxy groups -OCH3 is 1. The number of nitrogens with one attached hydrogen (secondary N) is 1. The lowest BCUT2D eigenvalue weighted by Crippen LogP contribution is -2.16. The zero-order valence-electron chi connectivity index (χ0n) is 11.3. The van der Waals surface area contributed by atoms with Crippen molar-refractivity contribution in [3.63, 3.8) is 0 Å². The molecule has 112 valence electrons. The van der Waals surface area contributed by atoms with E-state index < -0.39 is 15.9 Å². The van der Waals surface area contributed by atoms with E-state index in [-0.39, 0.29) is 22.0 Å². The number of aromatic nitrogens is 1. The van der Waals surface area contributed by atoms with E-state index in [1.54, 1.807) is 12.3 Å². The van der Waals surface area contributed by atoms with Gasteiger partial charge in [-0.3, -0.25) is 4.79 Å². The summed E-state index contributed by atoms with van der Waals surface area (Å²) in [5.74, 6) is -0.315. The molecule has 3 N–H and O–H groups in total. The van der Waals surface area contributed by atoms with Crippen molar-refractivity contribution in [3.8, 4) is 5.75 Å². The maximum atomic E-state index is 12.0. The Balaban J connectivity index is 2.31. The topological polar surface area (TPSA) is 111 Å². The summed E-state index contributed by atoms with van der Waals surface area (Å²) >= 11 is 1.35. The Morgan fingerprint density at radius 2 is 2.14 bits per heavy atom. The van der Waals surface area contributed by atoms with Crippen molar-refractivity contribution in [2.75, 3.05) is 12.4 Å². The Morgan fingerprint density at radius 1 is 1.43 bits per heavy atom. The van der Waals surface area contributed by atoms with Gasteiger partial charge in [0.2, 0.25) is 10.0 Å². The van der Waals surface area contributed by atoms with Crippen LogP contribution < -0.4 is 15.2 Å². The molecule has 0 aliphatic rings. The molecule has 0 radical (unpaired) electrons. The number of sulfonamides is 1. The third-order valence-electron chi connectivity index (χ3n) is 2.58. The molecule has 1 amide bonds.